The second kappa shape index (κ2) is 8.92. The van der Waals surface area contributed by atoms with E-state index >= 15 is 0 Å². The third kappa shape index (κ3) is 5.02. The number of methoxy groups -OCH3 is 1. The predicted octanol–water partition coefficient (Wildman–Crippen LogP) is 3.01. The smallest absolute Gasteiger partial charge is 0.268 e. The highest BCUT2D eigenvalue weighted by Crippen LogP contribution is 2.36. The monoisotopic (exact) mass is 465 g/mol. The molecule has 1 aromatic heterocycles. The molecular formula is C21H24BrNO4S. The molecule has 5 nitrogen and oxygen atoms in total. The van der Waals surface area contributed by atoms with Crippen LogP contribution in [0.1, 0.15) is 26.3 Å². The summed E-state index contributed by atoms with van der Waals surface area (Å²) in [4.78, 5) is 24.9. The summed E-state index contributed by atoms with van der Waals surface area (Å²) in [6, 6.07) is 3.65. The van der Waals surface area contributed by atoms with Gasteiger partial charge in [-0.05, 0) is 39.7 Å². The van der Waals surface area contributed by atoms with Crippen LogP contribution in [0.25, 0.3) is 12.2 Å². The SMILES string of the molecule is C=CCOc1c(Br)cc(/C=c2\s/c(=C\C(=O)C(C)(C)C)n(C)c2=O)cc1OC. The molecule has 0 aliphatic rings. The van der Waals surface area contributed by atoms with E-state index in [1.54, 1.807) is 32.4 Å². The van der Waals surface area contributed by atoms with Crippen molar-refractivity contribution in [1.82, 2.24) is 4.57 Å². The lowest BCUT2D eigenvalue weighted by molar-refractivity contribution is -0.120. The summed E-state index contributed by atoms with van der Waals surface area (Å²) in [5.74, 6) is 1.10. The molecule has 7 heteroatoms. The third-order valence-corrected chi connectivity index (χ3v) is 5.65. The second-order valence-electron chi connectivity index (χ2n) is 7.21. The van der Waals surface area contributed by atoms with Gasteiger partial charge < -0.3 is 14.0 Å². The minimum absolute atomic E-state index is 0.0240. The van der Waals surface area contributed by atoms with Gasteiger partial charge in [0.05, 0.1) is 16.1 Å². The van der Waals surface area contributed by atoms with Crippen LogP contribution in [0.15, 0.2) is 34.1 Å². The molecule has 1 aromatic carbocycles. The molecule has 0 N–H and O–H groups in total. The summed E-state index contributed by atoms with van der Waals surface area (Å²) in [7, 11) is 3.22. The fourth-order valence-corrected chi connectivity index (χ4v) is 3.90. The van der Waals surface area contributed by atoms with E-state index in [2.05, 4.69) is 22.5 Å². The fourth-order valence-electron chi connectivity index (χ4n) is 2.29. The Hall–Kier alpha value is -2.12. The second-order valence-corrected chi connectivity index (χ2v) is 9.12. The van der Waals surface area contributed by atoms with Gasteiger partial charge in [-0.15, -0.1) is 11.3 Å². The van der Waals surface area contributed by atoms with Gasteiger partial charge >= 0.3 is 0 Å². The van der Waals surface area contributed by atoms with Crippen molar-refractivity contribution in [1.29, 1.82) is 0 Å². The number of aromatic nitrogens is 1. The molecule has 0 aliphatic carbocycles. The zero-order valence-electron chi connectivity index (χ0n) is 16.7. The number of ether oxygens (including phenoxy) is 2. The summed E-state index contributed by atoms with van der Waals surface area (Å²) in [5.41, 5.74) is 0.131. The number of rotatable bonds is 6. The maximum atomic E-state index is 12.6. The van der Waals surface area contributed by atoms with Crippen LogP contribution in [0.4, 0.5) is 0 Å². The van der Waals surface area contributed by atoms with Crippen LogP contribution in [-0.2, 0) is 11.8 Å². The number of benzene rings is 1. The van der Waals surface area contributed by atoms with Crippen LogP contribution < -0.4 is 24.2 Å². The summed E-state index contributed by atoms with van der Waals surface area (Å²) in [6.07, 6.45) is 4.96. The quantitative estimate of drug-likeness (QED) is 0.615. The topological polar surface area (TPSA) is 57.5 Å². The molecule has 2 rings (SSSR count). The van der Waals surface area contributed by atoms with Crippen molar-refractivity contribution in [2.24, 2.45) is 12.5 Å². The highest BCUT2D eigenvalue weighted by molar-refractivity contribution is 9.10. The van der Waals surface area contributed by atoms with Gasteiger partial charge in [-0.1, -0.05) is 33.4 Å². The van der Waals surface area contributed by atoms with E-state index in [0.29, 0.717) is 31.8 Å². The van der Waals surface area contributed by atoms with Crippen LogP contribution in [-0.4, -0.2) is 24.1 Å². The number of hydrogen-bond acceptors (Lipinski definition) is 5. The number of hydrogen-bond donors (Lipinski definition) is 0. The van der Waals surface area contributed by atoms with Gasteiger partial charge in [-0.2, -0.15) is 0 Å². The first-order valence-corrected chi connectivity index (χ1v) is 10.2. The molecule has 2 aromatic rings. The minimum Gasteiger partial charge on any atom is -0.493 e. The molecule has 0 atom stereocenters. The Labute approximate surface area is 176 Å². The molecule has 0 amide bonds. The van der Waals surface area contributed by atoms with Gasteiger partial charge in [0, 0.05) is 18.5 Å². The highest BCUT2D eigenvalue weighted by Gasteiger charge is 2.19. The van der Waals surface area contributed by atoms with Gasteiger partial charge in [0.25, 0.3) is 5.56 Å². The van der Waals surface area contributed by atoms with E-state index in [0.717, 1.165) is 5.56 Å². The van der Waals surface area contributed by atoms with E-state index < -0.39 is 5.41 Å². The van der Waals surface area contributed by atoms with Crippen LogP contribution in [0.2, 0.25) is 0 Å². The van der Waals surface area contributed by atoms with E-state index in [4.69, 9.17) is 9.47 Å². The first kappa shape index (κ1) is 22.2. The molecule has 0 unspecified atom stereocenters. The molecule has 0 spiro atoms. The van der Waals surface area contributed by atoms with Crippen LogP contribution in [0.5, 0.6) is 11.5 Å². The molecule has 28 heavy (non-hydrogen) atoms. The van der Waals surface area contributed by atoms with Crippen LogP contribution >= 0.6 is 27.3 Å². The Kier molecular flexibility index (Phi) is 7.06. The van der Waals surface area contributed by atoms with Crippen molar-refractivity contribution in [2.45, 2.75) is 20.8 Å². The van der Waals surface area contributed by atoms with E-state index in [9.17, 15) is 9.59 Å². The zero-order valence-corrected chi connectivity index (χ0v) is 19.1. The van der Waals surface area contributed by atoms with Crippen molar-refractivity contribution >= 4 is 45.2 Å². The van der Waals surface area contributed by atoms with Crippen LogP contribution in [0.3, 0.4) is 0 Å². The molecule has 150 valence electrons. The summed E-state index contributed by atoms with van der Waals surface area (Å²) < 4.78 is 14.4. The van der Waals surface area contributed by atoms with Crippen molar-refractivity contribution < 1.29 is 14.3 Å². The molecule has 0 saturated heterocycles. The summed E-state index contributed by atoms with van der Waals surface area (Å²) in [5, 5.41) is 0. The Morgan fingerprint density at radius 3 is 2.61 bits per heavy atom. The average Bonchev–Trinajstić information content (AvgIpc) is 2.87. The Balaban J connectivity index is 2.58. The number of ketones is 1. The largest absolute Gasteiger partial charge is 0.493 e. The number of nitrogens with zero attached hydrogens (tertiary/aromatic N) is 1. The van der Waals surface area contributed by atoms with E-state index in [1.165, 1.54) is 22.0 Å². The highest BCUT2D eigenvalue weighted by atomic mass is 79.9. The maximum absolute atomic E-state index is 12.6. The van der Waals surface area contributed by atoms with Gasteiger partial charge in [-0.3, -0.25) is 9.59 Å². The van der Waals surface area contributed by atoms with E-state index in [1.807, 2.05) is 26.8 Å². The lowest BCUT2D eigenvalue weighted by Gasteiger charge is -2.12. The number of carbonyl (C=O) groups excluding carboxylic acids is 1. The molecule has 0 saturated carbocycles. The van der Waals surface area contributed by atoms with Crippen molar-refractivity contribution in [3.8, 4) is 11.5 Å². The van der Waals surface area contributed by atoms with Gasteiger partial charge in [-0.25, -0.2) is 0 Å². The Morgan fingerprint density at radius 1 is 1.36 bits per heavy atom. The third-order valence-electron chi connectivity index (χ3n) is 3.95. The average molecular weight is 466 g/mol. The number of Topliss-reactive ketones (excluding diaryl/α,β-unsaturated/α-hetero) is 1. The lowest BCUT2D eigenvalue weighted by Crippen LogP contribution is -2.30. The Morgan fingerprint density at radius 2 is 2.04 bits per heavy atom. The minimum atomic E-state index is -0.497. The standard InChI is InChI=1S/C21H24BrNO4S/c1-7-8-27-19-14(22)9-13(10-15(19)26-6)11-16-20(25)23(5)18(28-16)12-17(24)21(2,3)4/h7,9-12H,1,8H2,2-6H3/b16-11-,18-12-. The van der Waals surface area contributed by atoms with Crippen molar-refractivity contribution in [2.75, 3.05) is 13.7 Å². The van der Waals surface area contributed by atoms with Crippen molar-refractivity contribution in [3.05, 3.63) is 54.4 Å². The molecule has 0 bridgehead atoms. The number of thiazole rings is 1. The lowest BCUT2D eigenvalue weighted by atomic mass is 9.91. The number of carbonyl (C=O) groups is 1. The molecule has 0 fully saturated rings. The molecule has 1 heterocycles. The first-order chi connectivity index (χ1) is 13.1. The maximum Gasteiger partial charge on any atom is 0.268 e. The van der Waals surface area contributed by atoms with Gasteiger partial charge in [0.1, 0.15) is 11.3 Å². The molecule has 0 radical (unpaired) electrons. The molecular weight excluding hydrogens is 442 g/mol. The summed E-state index contributed by atoms with van der Waals surface area (Å²) >= 11 is 4.77. The van der Waals surface area contributed by atoms with Crippen LogP contribution in [0, 0.1) is 5.41 Å². The fraction of sp³-hybridized carbons (Fsp3) is 0.333. The zero-order chi connectivity index (χ0) is 21.1. The first-order valence-electron chi connectivity index (χ1n) is 8.63. The number of halogens is 1. The molecule has 0 aliphatic heterocycles. The van der Waals surface area contributed by atoms with Crippen molar-refractivity contribution in [3.63, 3.8) is 0 Å². The van der Waals surface area contributed by atoms with E-state index in [-0.39, 0.29) is 11.3 Å². The van der Waals surface area contributed by atoms with Gasteiger partial charge in [0.2, 0.25) is 0 Å². The van der Waals surface area contributed by atoms with Gasteiger partial charge in [0.15, 0.2) is 17.3 Å². The predicted molar refractivity (Wildman–Crippen MR) is 118 cm³/mol. The summed E-state index contributed by atoms with van der Waals surface area (Å²) in [6.45, 7) is 9.55. The Bertz CT molecular complexity index is 1070. The normalized spacial score (nSPS) is 12.9.